The standard InChI is InChI=1S/C10H21N3O3/c1-10(2,8(14)15)11-9(16)13(5)7-6-12(3)4/h6-7H2,1-5H3,(H,11,16)(H,14,15). The summed E-state index contributed by atoms with van der Waals surface area (Å²) in [6.45, 7) is 4.19. The number of aliphatic carboxylic acids is 1. The third-order valence-electron chi connectivity index (χ3n) is 2.18. The quantitative estimate of drug-likeness (QED) is 0.701. The van der Waals surface area contributed by atoms with Gasteiger partial charge < -0.3 is 20.2 Å². The molecular formula is C10H21N3O3. The summed E-state index contributed by atoms with van der Waals surface area (Å²) in [5.41, 5.74) is -1.25. The first-order valence-corrected chi connectivity index (χ1v) is 5.08. The van der Waals surface area contributed by atoms with Gasteiger partial charge in [-0.05, 0) is 27.9 Å². The molecule has 0 saturated carbocycles. The largest absolute Gasteiger partial charge is 0.480 e. The summed E-state index contributed by atoms with van der Waals surface area (Å²) in [7, 11) is 5.45. The Bertz CT molecular complexity index is 264. The van der Waals surface area contributed by atoms with E-state index in [0.29, 0.717) is 6.54 Å². The molecule has 6 nitrogen and oxygen atoms in total. The van der Waals surface area contributed by atoms with Crippen LogP contribution in [-0.4, -0.2) is 66.7 Å². The lowest BCUT2D eigenvalue weighted by Gasteiger charge is -2.26. The molecule has 2 N–H and O–H groups in total. The third-order valence-corrected chi connectivity index (χ3v) is 2.18. The van der Waals surface area contributed by atoms with Crippen molar-refractivity contribution < 1.29 is 14.7 Å². The van der Waals surface area contributed by atoms with Crippen molar-refractivity contribution in [2.45, 2.75) is 19.4 Å². The molecule has 0 aromatic carbocycles. The Morgan fingerprint density at radius 3 is 2.06 bits per heavy atom. The van der Waals surface area contributed by atoms with Crippen LogP contribution in [0.4, 0.5) is 4.79 Å². The number of urea groups is 1. The summed E-state index contributed by atoms with van der Waals surface area (Å²) in [4.78, 5) is 25.8. The highest BCUT2D eigenvalue weighted by Crippen LogP contribution is 2.02. The van der Waals surface area contributed by atoms with Crippen LogP contribution in [0, 0.1) is 0 Å². The lowest BCUT2D eigenvalue weighted by atomic mass is 10.1. The summed E-state index contributed by atoms with van der Waals surface area (Å²) < 4.78 is 0. The van der Waals surface area contributed by atoms with Crippen LogP contribution in [0.25, 0.3) is 0 Å². The Labute approximate surface area is 96.2 Å². The van der Waals surface area contributed by atoms with Crippen molar-refractivity contribution in [2.75, 3.05) is 34.2 Å². The van der Waals surface area contributed by atoms with Gasteiger partial charge in [-0.3, -0.25) is 0 Å². The SMILES string of the molecule is CN(C)CCN(C)C(=O)NC(C)(C)C(=O)O. The topological polar surface area (TPSA) is 72.9 Å². The molecule has 94 valence electrons. The van der Waals surface area contributed by atoms with E-state index >= 15 is 0 Å². The van der Waals surface area contributed by atoms with Crippen LogP contribution in [0.15, 0.2) is 0 Å². The first-order chi connectivity index (χ1) is 7.16. The summed E-state index contributed by atoms with van der Waals surface area (Å²) in [5.74, 6) is -1.05. The molecule has 0 atom stereocenters. The Morgan fingerprint density at radius 2 is 1.69 bits per heavy atom. The molecule has 0 bridgehead atoms. The molecule has 0 aliphatic rings. The van der Waals surface area contributed by atoms with Crippen LogP contribution in [0.3, 0.4) is 0 Å². The molecular weight excluding hydrogens is 210 g/mol. The molecule has 0 fully saturated rings. The predicted octanol–water partition coefficient (Wildman–Crippen LogP) is 0.0526. The van der Waals surface area contributed by atoms with E-state index in [1.807, 2.05) is 19.0 Å². The van der Waals surface area contributed by atoms with Crippen LogP contribution in [0.5, 0.6) is 0 Å². The van der Waals surface area contributed by atoms with E-state index in [0.717, 1.165) is 6.54 Å². The van der Waals surface area contributed by atoms with Gasteiger partial charge in [0.15, 0.2) is 0 Å². The molecule has 0 spiro atoms. The number of amides is 2. The molecule has 0 heterocycles. The smallest absolute Gasteiger partial charge is 0.328 e. The zero-order chi connectivity index (χ0) is 12.9. The summed E-state index contributed by atoms with van der Waals surface area (Å²) in [6.07, 6.45) is 0. The molecule has 0 unspecified atom stereocenters. The van der Waals surface area contributed by atoms with E-state index < -0.39 is 11.5 Å². The highest BCUT2D eigenvalue weighted by atomic mass is 16.4. The zero-order valence-corrected chi connectivity index (χ0v) is 10.6. The maximum Gasteiger partial charge on any atom is 0.328 e. The highest BCUT2D eigenvalue weighted by molar-refractivity contribution is 5.85. The second-order valence-electron chi connectivity index (χ2n) is 4.59. The van der Waals surface area contributed by atoms with Gasteiger partial charge >= 0.3 is 12.0 Å². The number of carbonyl (C=O) groups is 2. The summed E-state index contributed by atoms with van der Waals surface area (Å²) in [5, 5.41) is 11.3. The van der Waals surface area contributed by atoms with Gasteiger partial charge in [0, 0.05) is 20.1 Å². The van der Waals surface area contributed by atoms with Crippen molar-refractivity contribution in [3.8, 4) is 0 Å². The van der Waals surface area contributed by atoms with Crippen LogP contribution >= 0.6 is 0 Å². The van der Waals surface area contributed by atoms with Gasteiger partial charge in [-0.15, -0.1) is 0 Å². The third kappa shape index (κ3) is 4.97. The molecule has 16 heavy (non-hydrogen) atoms. The molecule has 0 aromatic heterocycles. The minimum atomic E-state index is -1.25. The lowest BCUT2D eigenvalue weighted by Crippen LogP contribution is -2.54. The molecule has 0 aliphatic heterocycles. The van der Waals surface area contributed by atoms with Crippen LogP contribution in [-0.2, 0) is 4.79 Å². The van der Waals surface area contributed by atoms with Crippen LogP contribution in [0.1, 0.15) is 13.8 Å². The number of rotatable bonds is 5. The van der Waals surface area contributed by atoms with E-state index in [1.165, 1.54) is 18.7 Å². The van der Waals surface area contributed by atoms with E-state index in [9.17, 15) is 9.59 Å². The van der Waals surface area contributed by atoms with E-state index in [2.05, 4.69) is 5.32 Å². The first kappa shape index (κ1) is 14.7. The van der Waals surface area contributed by atoms with Gasteiger partial charge in [0.25, 0.3) is 0 Å². The fraction of sp³-hybridized carbons (Fsp3) is 0.800. The Kier molecular flexibility index (Phi) is 5.23. The van der Waals surface area contributed by atoms with Crippen molar-refractivity contribution in [3.05, 3.63) is 0 Å². The lowest BCUT2D eigenvalue weighted by molar-refractivity contribution is -0.143. The Morgan fingerprint density at radius 1 is 1.19 bits per heavy atom. The predicted molar refractivity (Wildman–Crippen MR) is 61.4 cm³/mol. The van der Waals surface area contributed by atoms with Gasteiger partial charge in [-0.25, -0.2) is 9.59 Å². The van der Waals surface area contributed by atoms with Crippen molar-refractivity contribution in [1.82, 2.24) is 15.1 Å². The monoisotopic (exact) mass is 231 g/mol. The van der Waals surface area contributed by atoms with Crippen LogP contribution in [0.2, 0.25) is 0 Å². The maximum atomic E-state index is 11.6. The zero-order valence-electron chi connectivity index (χ0n) is 10.6. The number of nitrogens with zero attached hydrogens (tertiary/aromatic N) is 2. The fourth-order valence-electron chi connectivity index (χ4n) is 0.868. The number of hydrogen-bond donors (Lipinski definition) is 2. The number of likely N-dealkylation sites (N-methyl/N-ethyl adjacent to an activating group) is 2. The van der Waals surface area contributed by atoms with Crippen molar-refractivity contribution in [2.24, 2.45) is 0 Å². The molecule has 0 aromatic rings. The number of hydrogen-bond acceptors (Lipinski definition) is 3. The average Bonchev–Trinajstić information content (AvgIpc) is 2.12. The second kappa shape index (κ2) is 5.69. The minimum absolute atomic E-state index is 0.380. The molecule has 0 aliphatic carbocycles. The Balaban J connectivity index is 4.20. The van der Waals surface area contributed by atoms with Gasteiger partial charge in [-0.1, -0.05) is 0 Å². The second-order valence-corrected chi connectivity index (χ2v) is 4.59. The highest BCUT2D eigenvalue weighted by Gasteiger charge is 2.29. The van der Waals surface area contributed by atoms with E-state index in [1.54, 1.807) is 7.05 Å². The van der Waals surface area contributed by atoms with Crippen LogP contribution < -0.4 is 5.32 Å². The normalized spacial score (nSPS) is 11.4. The summed E-state index contributed by atoms with van der Waals surface area (Å²) in [6, 6.07) is -0.380. The first-order valence-electron chi connectivity index (χ1n) is 5.08. The molecule has 0 rings (SSSR count). The molecule has 2 amide bonds. The molecule has 0 saturated heterocycles. The number of nitrogens with one attached hydrogen (secondary N) is 1. The maximum absolute atomic E-state index is 11.6. The number of carboxylic acid groups (broad SMARTS) is 1. The van der Waals surface area contributed by atoms with Gasteiger partial charge in [-0.2, -0.15) is 0 Å². The van der Waals surface area contributed by atoms with Crippen molar-refractivity contribution >= 4 is 12.0 Å². The number of carbonyl (C=O) groups excluding carboxylic acids is 1. The van der Waals surface area contributed by atoms with Crippen molar-refractivity contribution in [1.29, 1.82) is 0 Å². The molecule has 0 radical (unpaired) electrons. The Hall–Kier alpha value is -1.30. The number of carboxylic acids is 1. The molecule has 6 heteroatoms. The average molecular weight is 231 g/mol. The minimum Gasteiger partial charge on any atom is -0.480 e. The fourth-order valence-corrected chi connectivity index (χ4v) is 0.868. The van der Waals surface area contributed by atoms with Gasteiger partial charge in [0.05, 0.1) is 0 Å². The van der Waals surface area contributed by atoms with Crippen molar-refractivity contribution in [3.63, 3.8) is 0 Å². The van der Waals surface area contributed by atoms with E-state index in [4.69, 9.17) is 5.11 Å². The van der Waals surface area contributed by atoms with Gasteiger partial charge in [0.2, 0.25) is 0 Å². The van der Waals surface area contributed by atoms with Gasteiger partial charge in [0.1, 0.15) is 5.54 Å². The summed E-state index contributed by atoms with van der Waals surface area (Å²) >= 11 is 0. The van der Waals surface area contributed by atoms with E-state index in [-0.39, 0.29) is 6.03 Å².